The molecule has 4 heteroatoms. The van der Waals surface area contributed by atoms with Crippen LogP contribution in [-0.4, -0.2) is 115 Å². The van der Waals surface area contributed by atoms with Gasteiger partial charge in [-0.05, 0) is 0 Å². The van der Waals surface area contributed by atoms with Gasteiger partial charge in [-0.2, -0.15) is 0 Å². The third-order valence-corrected chi connectivity index (χ3v) is 0.192. The van der Waals surface area contributed by atoms with Gasteiger partial charge < -0.3 is 9.59 Å². The van der Waals surface area contributed by atoms with Crippen LogP contribution >= 0.6 is 0 Å². The van der Waals surface area contributed by atoms with Gasteiger partial charge in [0, 0.05) is 0 Å². The molecule has 0 atom stereocenters. The van der Waals surface area contributed by atoms with Crippen LogP contribution in [-0.2, 0) is 9.59 Å². The summed E-state index contributed by atoms with van der Waals surface area (Å²) in [4.78, 5) is 18.3. The van der Waals surface area contributed by atoms with E-state index in [4.69, 9.17) is 0 Å². The van der Waals surface area contributed by atoms with E-state index in [0.29, 0.717) is 12.6 Å². The van der Waals surface area contributed by atoms with Gasteiger partial charge in [-0.25, -0.2) is 0 Å². The van der Waals surface area contributed by atoms with Crippen LogP contribution < -0.4 is 0 Å². The summed E-state index contributed by atoms with van der Waals surface area (Å²) in [5.41, 5.74) is 0. The zero-order valence-electron chi connectivity index (χ0n) is 2.68. The summed E-state index contributed by atoms with van der Waals surface area (Å²) in [6, 6.07) is 0. The van der Waals surface area contributed by atoms with Crippen LogP contribution in [0.25, 0.3) is 0 Å². The van der Waals surface area contributed by atoms with Gasteiger partial charge in [0.2, 0.25) is 0 Å². The Bertz CT molecular complexity index is 40.2. The molecule has 0 aliphatic heterocycles. The zero-order chi connectivity index (χ0) is 4.12. The number of carbonyl (C=O) groups excluding carboxylic acids is 2. The minimum absolute atomic E-state index is 0. The Morgan fingerprint density at radius 2 is 1.29 bits per heavy atom. The molecule has 0 aromatic carbocycles. The van der Waals surface area contributed by atoms with Gasteiger partial charge in [-0.15, -0.1) is 0 Å². The fourth-order valence-corrected chi connectivity index (χ4v) is 0.0393. The number of carbonyl (C=O) groups is 2. The van der Waals surface area contributed by atoms with Crippen molar-refractivity contribution in [1.82, 2.24) is 0 Å². The Morgan fingerprint density at radius 1 is 1.00 bits per heavy atom. The van der Waals surface area contributed by atoms with Crippen molar-refractivity contribution in [2.75, 3.05) is 0 Å². The molecule has 0 heterocycles. The number of hydrogen-bond donors (Lipinski definition) is 0. The van der Waals surface area contributed by atoms with E-state index in [9.17, 15) is 9.59 Å². The number of rotatable bonds is 2. The van der Waals surface area contributed by atoms with Gasteiger partial charge in [0.1, 0.15) is 12.6 Å². The van der Waals surface area contributed by atoms with Crippen LogP contribution in [0.2, 0.25) is 0 Å². The van der Waals surface area contributed by atoms with Crippen molar-refractivity contribution in [3.05, 3.63) is 0 Å². The van der Waals surface area contributed by atoms with Crippen LogP contribution in [0, 0.1) is 0 Å². The first-order valence-electron chi connectivity index (χ1n) is 1.29. The summed E-state index contributed by atoms with van der Waals surface area (Å²) < 4.78 is 0. The standard InChI is InChI=1S/C3H4O2.2K.2H/c4-2-1-3-5;;;;/h2-3H,1H2;;;;. The van der Waals surface area contributed by atoms with Crippen molar-refractivity contribution in [2.24, 2.45) is 0 Å². The van der Waals surface area contributed by atoms with E-state index in [1.165, 1.54) is 0 Å². The van der Waals surface area contributed by atoms with Crippen molar-refractivity contribution in [3.8, 4) is 0 Å². The van der Waals surface area contributed by atoms with E-state index in [-0.39, 0.29) is 109 Å². The molecule has 0 N–H and O–H groups in total. The molecule has 32 valence electrons. The summed E-state index contributed by atoms with van der Waals surface area (Å²) in [5.74, 6) is 0. The summed E-state index contributed by atoms with van der Waals surface area (Å²) in [7, 11) is 0. The minimum atomic E-state index is 0. The molecular weight excluding hydrogens is 146 g/mol. The van der Waals surface area contributed by atoms with Gasteiger partial charge in [-0.1, -0.05) is 0 Å². The molecule has 0 rings (SSSR count). The Balaban J connectivity index is -0.0000000800. The molecule has 2 nitrogen and oxygen atoms in total. The van der Waals surface area contributed by atoms with Crippen LogP contribution in [0.4, 0.5) is 0 Å². The predicted molar refractivity (Wildman–Crippen MR) is 31.0 cm³/mol. The van der Waals surface area contributed by atoms with Gasteiger partial charge in [0.25, 0.3) is 0 Å². The first-order valence-corrected chi connectivity index (χ1v) is 1.29. The average molecular weight is 152 g/mol. The third kappa shape index (κ3) is 17.7. The molecule has 0 aliphatic carbocycles. The molecule has 0 unspecified atom stereocenters. The molecule has 0 aromatic heterocycles. The third-order valence-electron chi connectivity index (χ3n) is 0.192. The van der Waals surface area contributed by atoms with Gasteiger partial charge in [0.05, 0.1) is 6.42 Å². The predicted octanol–water partition coefficient (Wildman–Crippen LogP) is -1.52. The molecule has 0 aromatic rings. The van der Waals surface area contributed by atoms with Crippen LogP contribution in [0.1, 0.15) is 6.42 Å². The molecule has 0 bridgehead atoms. The molecule has 0 spiro atoms. The molecule has 7 heavy (non-hydrogen) atoms. The molecular formula is C3H6K2O2. The van der Waals surface area contributed by atoms with Crippen LogP contribution in [0.3, 0.4) is 0 Å². The van der Waals surface area contributed by atoms with Crippen LogP contribution in [0.15, 0.2) is 0 Å². The van der Waals surface area contributed by atoms with Gasteiger partial charge in [-0.3, -0.25) is 0 Å². The second-order valence-electron chi connectivity index (χ2n) is 0.569. The second kappa shape index (κ2) is 15.8. The molecule has 0 saturated heterocycles. The fourth-order valence-electron chi connectivity index (χ4n) is 0.0393. The van der Waals surface area contributed by atoms with E-state index in [1.807, 2.05) is 0 Å². The Morgan fingerprint density at radius 3 is 1.29 bits per heavy atom. The zero-order valence-corrected chi connectivity index (χ0v) is 2.68. The summed E-state index contributed by atoms with van der Waals surface area (Å²) in [5, 5.41) is 0. The SMILES string of the molecule is O=CCC=O.[KH].[KH]. The normalized spacial score (nSPS) is 4.57. The topological polar surface area (TPSA) is 34.1 Å². The first-order chi connectivity index (χ1) is 2.41. The quantitative estimate of drug-likeness (QED) is 0.273. The van der Waals surface area contributed by atoms with Crippen molar-refractivity contribution < 1.29 is 9.59 Å². The molecule has 0 fully saturated rings. The van der Waals surface area contributed by atoms with E-state index in [2.05, 4.69) is 0 Å². The van der Waals surface area contributed by atoms with Crippen molar-refractivity contribution in [1.29, 1.82) is 0 Å². The first kappa shape index (κ1) is 16.3. The fraction of sp³-hybridized carbons (Fsp3) is 0.333. The summed E-state index contributed by atoms with van der Waals surface area (Å²) in [6.07, 6.45) is 1.15. The molecule has 0 saturated carbocycles. The van der Waals surface area contributed by atoms with Crippen molar-refractivity contribution in [3.63, 3.8) is 0 Å². The monoisotopic (exact) mass is 152 g/mol. The molecule has 0 amide bonds. The number of hydrogen-bond acceptors (Lipinski definition) is 2. The average Bonchev–Trinajstić information content (AvgIpc) is 1.41. The molecule has 0 aliphatic rings. The Kier molecular flexibility index (Phi) is 36.9. The molecule has 0 radical (unpaired) electrons. The van der Waals surface area contributed by atoms with Crippen molar-refractivity contribution >= 4 is 115 Å². The van der Waals surface area contributed by atoms with Gasteiger partial charge in [0.15, 0.2) is 0 Å². The van der Waals surface area contributed by atoms with Crippen molar-refractivity contribution in [2.45, 2.75) is 6.42 Å². The number of aldehydes is 2. The second-order valence-corrected chi connectivity index (χ2v) is 0.569. The van der Waals surface area contributed by atoms with Crippen LogP contribution in [0.5, 0.6) is 0 Å². The van der Waals surface area contributed by atoms with E-state index >= 15 is 0 Å². The van der Waals surface area contributed by atoms with E-state index < -0.39 is 0 Å². The maximum absolute atomic E-state index is 9.17. The Labute approximate surface area is 128 Å². The summed E-state index contributed by atoms with van der Waals surface area (Å²) in [6.45, 7) is 0. The van der Waals surface area contributed by atoms with Gasteiger partial charge >= 0.3 is 103 Å². The Hall–Kier alpha value is 2.61. The maximum atomic E-state index is 9.17. The van der Waals surface area contributed by atoms with E-state index in [0.717, 1.165) is 0 Å². The summed E-state index contributed by atoms with van der Waals surface area (Å²) >= 11 is 0. The van der Waals surface area contributed by atoms with E-state index in [1.54, 1.807) is 0 Å².